The van der Waals surface area contributed by atoms with Gasteiger partial charge in [-0.25, -0.2) is 9.97 Å². The zero-order valence-electron chi connectivity index (χ0n) is 11.9. The topological polar surface area (TPSA) is 109 Å². The minimum atomic E-state index is 0.00447. The summed E-state index contributed by atoms with van der Waals surface area (Å²) in [5.41, 5.74) is 8.43. The molecule has 0 amide bonds. The molecule has 3 aromatic heterocycles. The van der Waals surface area contributed by atoms with Crippen LogP contribution in [-0.2, 0) is 0 Å². The molecule has 3 heterocycles. The van der Waals surface area contributed by atoms with Crippen LogP contribution in [0.2, 0.25) is 0 Å². The highest BCUT2D eigenvalue weighted by atomic mass is 15.3. The third-order valence-electron chi connectivity index (χ3n) is 4.35. The smallest absolute Gasteiger partial charge is 0.154 e. The van der Waals surface area contributed by atoms with Crippen molar-refractivity contribution in [2.24, 2.45) is 5.92 Å². The van der Waals surface area contributed by atoms with Crippen LogP contribution in [0.1, 0.15) is 25.3 Å². The first kappa shape index (κ1) is 12.8. The highest BCUT2D eigenvalue weighted by Crippen LogP contribution is 2.37. The van der Waals surface area contributed by atoms with Gasteiger partial charge >= 0.3 is 0 Å². The maximum Gasteiger partial charge on any atom is 0.154 e. The average molecular weight is 293 g/mol. The van der Waals surface area contributed by atoms with E-state index in [-0.39, 0.29) is 12.0 Å². The van der Waals surface area contributed by atoms with Crippen molar-refractivity contribution >= 4 is 16.9 Å². The lowest BCUT2D eigenvalue weighted by molar-refractivity contribution is 0.411. The molecule has 2 atom stereocenters. The molecular formula is C15H15N7. The van der Waals surface area contributed by atoms with Crippen LogP contribution in [0.3, 0.4) is 0 Å². The van der Waals surface area contributed by atoms with Crippen molar-refractivity contribution < 1.29 is 0 Å². The van der Waals surface area contributed by atoms with Crippen molar-refractivity contribution in [2.75, 3.05) is 5.73 Å². The van der Waals surface area contributed by atoms with Gasteiger partial charge in [-0.05, 0) is 25.3 Å². The Kier molecular flexibility index (Phi) is 2.82. The summed E-state index contributed by atoms with van der Waals surface area (Å²) in [6, 6.07) is 4.40. The van der Waals surface area contributed by atoms with Crippen LogP contribution >= 0.6 is 0 Å². The lowest BCUT2D eigenvalue weighted by atomic mass is 10.1. The maximum atomic E-state index is 9.26. The largest absolute Gasteiger partial charge is 0.382 e. The van der Waals surface area contributed by atoms with E-state index in [4.69, 9.17) is 5.73 Å². The Morgan fingerprint density at radius 3 is 3.14 bits per heavy atom. The third kappa shape index (κ3) is 1.84. The molecule has 110 valence electrons. The second-order valence-corrected chi connectivity index (χ2v) is 5.60. The first-order valence-electron chi connectivity index (χ1n) is 7.30. The predicted molar refractivity (Wildman–Crippen MR) is 81.5 cm³/mol. The van der Waals surface area contributed by atoms with Gasteiger partial charge in [0.1, 0.15) is 12.0 Å². The Bertz CT molecular complexity index is 870. The van der Waals surface area contributed by atoms with E-state index in [1.54, 1.807) is 0 Å². The van der Waals surface area contributed by atoms with Crippen molar-refractivity contribution in [2.45, 2.75) is 25.3 Å². The summed E-state index contributed by atoms with van der Waals surface area (Å²) in [6.07, 6.45) is 8.18. The van der Waals surface area contributed by atoms with Crippen molar-refractivity contribution in [3.05, 3.63) is 24.8 Å². The number of nitriles is 1. The van der Waals surface area contributed by atoms with E-state index in [1.807, 2.05) is 23.1 Å². The maximum absolute atomic E-state index is 9.26. The van der Waals surface area contributed by atoms with Gasteiger partial charge in [-0.15, -0.1) is 0 Å². The second kappa shape index (κ2) is 4.84. The molecule has 1 aliphatic rings. The molecule has 7 heteroatoms. The standard InChI is InChI=1S/C15H15N7/c16-6-9-2-1-3-12(9)22-7-11(14(17)21-22)13-10-4-5-18-15(10)20-8-19-13/h4-5,7-9,12H,1-3H2,(H2,17,21)(H,18,19,20). The lowest BCUT2D eigenvalue weighted by Crippen LogP contribution is -2.13. The van der Waals surface area contributed by atoms with Gasteiger partial charge in [0, 0.05) is 17.8 Å². The molecule has 0 aromatic carbocycles. The molecule has 0 spiro atoms. The molecule has 3 N–H and O–H groups in total. The number of rotatable bonds is 2. The summed E-state index contributed by atoms with van der Waals surface area (Å²) < 4.78 is 1.84. The molecule has 1 fully saturated rings. The first-order chi connectivity index (χ1) is 10.8. The molecule has 4 rings (SSSR count). The summed E-state index contributed by atoms with van der Waals surface area (Å²) in [5, 5.41) is 14.6. The van der Waals surface area contributed by atoms with Gasteiger partial charge in [-0.3, -0.25) is 4.68 Å². The molecule has 0 radical (unpaired) electrons. The number of nitrogens with one attached hydrogen (secondary N) is 1. The van der Waals surface area contributed by atoms with E-state index in [2.05, 4.69) is 26.1 Å². The van der Waals surface area contributed by atoms with Crippen LogP contribution in [0.15, 0.2) is 24.8 Å². The number of anilines is 1. The molecule has 1 aliphatic carbocycles. The number of nitrogens with zero attached hydrogens (tertiary/aromatic N) is 5. The first-order valence-corrected chi connectivity index (χ1v) is 7.30. The Morgan fingerprint density at radius 2 is 2.27 bits per heavy atom. The molecule has 1 saturated carbocycles. The van der Waals surface area contributed by atoms with E-state index >= 15 is 0 Å². The average Bonchev–Trinajstić information content (AvgIpc) is 3.25. The van der Waals surface area contributed by atoms with Gasteiger partial charge in [0.15, 0.2) is 5.82 Å². The normalized spacial score (nSPS) is 21.2. The van der Waals surface area contributed by atoms with Gasteiger partial charge in [0.25, 0.3) is 0 Å². The minimum absolute atomic E-state index is 0.00447. The monoisotopic (exact) mass is 293 g/mol. The van der Waals surface area contributed by atoms with E-state index < -0.39 is 0 Å². The fraction of sp³-hybridized carbons (Fsp3) is 0.333. The molecule has 0 bridgehead atoms. The van der Waals surface area contributed by atoms with Crippen LogP contribution in [0.25, 0.3) is 22.3 Å². The Hall–Kier alpha value is -2.88. The molecule has 22 heavy (non-hydrogen) atoms. The number of aromatic amines is 1. The third-order valence-corrected chi connectivity index (χ3v) is 4.35. The molecule has 3 aromatic rings. The number of fused-ring (bicyclic) bond motifs is 1. The summed E-state index contributed by atoms with van der Waals surface area (Å²) in [4.78, 5) is 11.6. The number of H-pyrrole nitrogens is 1. The molecule has 2 unspecified atom stereocenters. The van der Waals surface area contributed by atoms with Gasteiger partial charge in [-0.1, -0.05) is 0 Å². The molecule has 0 aliphatic heterocycles. The Balaban J connectivity index is 1.81. The zero-order valence-corrected chi connectivity index (χ0v) is 11.9. The number of hydrogen-bond donors (Lipinski definition) is 2. The van der Waals surface area contributed by atoms with Crippen LogP contribution < -0.4 is 5.73 Å². The quantitative estimate of drug-likeness (QED) is 0.753. The summed E-state index contributed by atoms with van der Waals surface area (Å²) >= 11 is 0. The molecule has 7 nitrogen and oxygen atoms in total. The van der Waals surface area contributed by atoms with Gasteiger partial charge in [0.2, 0.25) is 0 Å². The SMILES string of the molecule is N#CC1CCCC1n1cc(-c2ncnc3[nH]ccc23)c(N)n1. The lowest BCUT2D eigenvalue weighted by Gasteiger charge is -2.13. The van der Waals surface area contributed by atoms with Crippen molar-refractivity contribution in [1.82, 2.24) is 24.7 Å². The highest BCUT2D eigenvalue weighted by Gasteiger charge is 2.30. The van der Waals surface area contributed by atoms with Crippen molar-refractivity contribution in [1.29, 1.82) is 5.26 Å². The number of hydrogen-bond acceptors (Lipinski definition) is 5. The fourth-order valence-electron chi connectivity index (χ4n) is 3.25. The summed E-state index contributed by atoms with van der Waals surface area (Å²) in [6.45, 7) is 0. The van der Waals surface area contributed by atoms with E-state index in [0.29, 0.717) is 5.82 Å². The minimum Gasteiger partial charge on any atom is -0.382 e. The number of nitrogen functional groups attached to an aromatic ring is 1. The van der Waals surface area contributed by atoms with Crippen LogP contribution in [0.5, 0.6) is 0 Å². The predicted octanol–water partition coefficient (Wildman–Crippen LogP) is 2.27. The van der Waals surface area contributed by atoms with Crippen LogP contribution in [0, 0.1) is 17.2 Å². The van der Waals surface area contributed by atoms with Gasteiger partial charge in [0.05, 0.1) is 29.3 Å². The Labute approximate surface area is 126 Å². The van der Waals surface area contributed by atoms with Gasteiger partial charge < -0.3 is 10.7 Å². The summed E-state index contributed by atoms with van der Waals surface area (Å²) in [7, 11) is 0. The van der Waals surface area contributed by atoms with Crippen molar-refractivity contribution in [3.63, 3.8) is 0 Å². The fourth-order valence-corrected chi connectivity index (χ4v) is 3.25. The number of nitrogens with two attached hydrogens (primary N) is 1. The van der Waals surface area contributed by atoms with Crippen molar-refractivity contribution in [3.8, 4) is 17.3 Å². The molecule has 0 saturated heterocycles. The van der Waals surface area contributed by atoms with Crippen LogP contribution in [0.4, 0.5) is 5.82 Å². The Morgan fingerprint density at radius 1 is 1.36 bits per heavy atom. The second-order valence-electron chi connectivity index (χ2n) is 5.60. The van der Waals surface area contributed by atoms with E-state index in [0.717, 1.165) is 41.6 Å². The number of aromatic nitrogens is 5. The van der Waals surface area contributed by atoms with E-state index in [1.165, 1.54) is 6.33 Å². The summed E-state index contributed by atoms with van der Waals surface area (Å²) in [5.74, 6) is 0.439. The van der Waals surface area contributed by atoms with E-state index in [9.17, 15) is 5.26 Å². The zero-order chi connectivity index (χ0) is 15.1. The molecular weight excluding hydrogens is 278 g/mol. The van der Waals surface area contributed by atoms with Gasteiger partial charge in [-0.2, -0.15) is 10.4 Å². The highest BCUT2D eigenvalue weighted by molar-refractivity contribution is 5.92. The van der Waals surface area contributed by atoms with Crippen LogP contribution in [-0.4, -0.2) is 24.7 Å².